The maximum atomic E-state index is 12.4. The van der Waals surface area contributed by atoms with Gasteiger partial charge in [-0.3, -0.25) is 9.10 Å². The molecule has 1 fully saturated rings. The van der Waals surface area contributed by atoms with E-state index in [0.29, 0.717) is 17.3 Å². The molecule has 1 aromatic carbocycles. The van der Waals surface area contributed by atoms with E-state index in [1.807, 2.05) is 6.92 Å². The minimum absolute atomic E-state index is 0.0263. The molecule has 0 atom stereocenters. The molecule has 0 aliphatic heterocycles. The van der Waals surface area contributed by atoms with Crippen LogP contribution in [0.4, 0.5) is 5.69 Å². The average Bonchev–Trinajstić information content (AvgIpc) is 3.34. The molecule has 1 saturated carbocycles. The normalized spacial score (nSPS) is 14.5. The SMILES string of the molecule is Cc1nnc(SCC(=O)c2ccc(N(C)S(C)(=O)=O)cc2)n1C1CC1. The van der Waals surface area contributed by atoms with Gasteiger partial charge in [-0.05, 0) is 44.0 Å². The van der Waals surface area contributed by atoms with Gasteiger partial charge in [0.2, 0.25) is 10.0 Å². The summed E-state index contributed by atoms with van der Waals surface area (Å²) in [5, 5.41) is 9.04. The highest BCUT2D eigenvalue weighted by Gasteiger charge is 2.28. The molecule has 1 aliphatic carbocycles. The standard InChI is InChI=1S/C16H20N4O3S2/c1-11-17-18-16(20(11)14-8-9-14)24-10-15(21)12-4-6-13(7-5-12)19(2)25(3,22)23/h4-7,14H,8-10H2,1-3H3. The molecule has 134 valence electrons. The van der Waals surface area contributed by atoms with Crippen LogP contribution in [0.1, 0.15) is 35.1 Å². The molecule has 0 spiro atoms. The Bertz CT molecular complexity index is 887. The average molecular weight is 380 g/mol. The molecular formula is C16H20N4O3S2. The Hall–Kier alpha value is -1.87. The Balaban J connectivity index is 1.66. The van der Waals surface area contributed by atoms with E-state index < -0.39 is 10.0 Å². The second-order valence-electron chi connectivity index (χ2n) is 6.12. The molecule has 0 amide bonds. The van der Waals surface area contributed by atoms with E-state index in [-0.39, 0.29) is 11.5 Å². The quantitative estimate of drug-likeness (QED) is 0.541. The number of aromatic nitrogens is 3. The van der Waals surface area contributed by atoms with Crippen LogP contribution >= 0.6 is 11.8 Å². The van der Waals surface area contributed by atoms with E-state index in [9.17, 15) is 13.2 Å². The summed E-state index contributed by atoms with van der Waals surface area (Å²) in [5.41, 5.74) is 1.07. The van der Waals surface area contributed by atoms with Gasteiger partial charge in [0, 0.05) is 18.7 Å². The zero-order valence-electron chi connectivity index (χ0n) is 14.3. The third-order valence-electron chi connectivity index (χ3n) is 4.13. The van der Waals surface area contributed by atoms with E-state index in [1.165, 1.54) is 23.1 Å². The highest BCUT2D eigenvalue weighted by Crippen LogP contribution is 2.38. The maximum Gasteiger partial charge on any atom is 0.231 e. The minimum Gasteiger partial charge on any atom is -0.303 e. The molecule has 3 rings (SSSR count). The van der Waals surface area contributed by atoms with Gasteiger partial charge >= 0.3 is 0 Å². The van der Waals surface area contributed by atoms with Crippen LogP contribution < -0.4 is 4.31 Å². The number of sulfonamides is 1. The Morgan fingerprint density at radius 2 is 1.92 bits per heavy atom. The van der Waals surface area contributed by atoms with Crippen molar-refractivity contribution in [2.75, 3.05) is 23.4 Å². The molecule has 25 heavy (non-hydrogen) atoms. The number of thioether (sulfide) groups is 1. The second-order valence-corrected chi connectivity index (χ2v) is 9.08. The summed E-state index contributed by atoms with van der Waals surface area (Å²) in [5.74, 6) is 1.12. The van der Waals surface area contributed by atoms with Gasteiger partial charge in [0.25, 0.3) is 0 Å². The van der Waals surface area contributed by atoms with Gasteiger partial charge in [-0.1, -0.05) is 11.8 Å². The van der Waals surface area contributed by atoms with Crippen molar-refractivity contribution in [3.63, 3.8) is 0 Å². The number of nitrogens with zero attached hydrogens (tertiary/aromatic N) is 4. The summed E-state index contributed by atoms with van der Waals surface area (Å²) in [4.78, 5) is 12.4. The molecule has 9 heteroatoms. The summed E-state index contributed by atoms with van der Waals surface area (Å²) in [6, 6.07) is 7.04. The summed E-state index contributed by atoms with van der Waals surface area (Å²) in [6.07, 6.45) is 3.41. The van der Waals surface area contributed by atoms with Gasteiger partial charge < -0.3 is 4.57 Å². The Morgan fingerprint density at radius 3 is 2.48 bits per heavy atom. The number of benzene rings is 1. The highest BCUT2D eigenvalue weighted by atomic mass is 32.2. The molecule has 0 radical (unpaired) electrons. The third kappa shape index (κ3) is 4.04. The minimum atomic E-state index is -3.31. The van der Waals surface area contributed by atoms with Crippen LogP contribution in [-0.4, -0.2) is 48.0 Å². The zero-order valence-corrected chi connectivity index (χ0v) is 16.0. The lowest BCUT2D eigenvalue weighted by Crippen LogP contribution is -2.24. The van der Waals surface area contributed by atoms with E-state index in [2.05, 4.69) is 14.8 Å². The predicted molar refractivity (Wildman–Crippen MR) is 97.8 cm³/mol. The molecule has 2 aromatic rings. The molecule has 0 bridgehead atoms. The summed E-state index contributed by atoms with van der Waals surface area (Å²) < 4.78 is 26.4. The van der Waals surface area contributed by atoms with Crippen molar-refractivity contribution in [2.24, 2.45) is 0 Å². The first kappa shape index (κ1) is 17.9. The highest BCUT2D eigenvalue weighted by molar-refractivity contribution is 7.99. The molecule has 0 saturated heterocycles. The van der Waals surface area contributed by atoms with E-state index in [0.717, 1.165) is 30.1 Å². The monoisotopic (exact) mass is 380 g/mol. The summed E-state index contributed by atoms with van der Waals surface area (Å²) >= 11 is 1.39. The molecular weight excluding hydrogens is 360 g/mol. The van der Waals surface area contributed by atoms with E-state index >= 15 is 0 Å². The number of rotatable bonds is 7. The van der Waals surface area contributed by atoms with E-state index in [1.54, 1.807) is 24.3 Å². The fraction of sp³-hybridized carbons (Fsp3) is 0.438. The fourth-order valence-corrected chi connectivity index (χ4v) is 3.91. The lowest BCUT2D eigenvalue weighted by atomic mass is 10.1. The summed E-state index contributed by atoms with van der Waals surface area (Å²) in [7, 11) is -1.83. The molecule has 0 unspecified atom stereocenters. The van der Waals surface area contributed by atoms with Gasteiger partial charge in [-0.15, -0.1) is 10.2 Å². The van der Waals surface area contributed by atoms with Crippen molar-refractivity contribution in [2.45, 2.75) is 31.0 Å². The number of carbonyl (C=O) groups is 1. The van der Waals surface area contributed by atoms with Crippen LogP contribution in [0.25, 0.3) is 0 Å². The molecule has 1 aromatic heterocycles. The van der Waals surface area contributed by atoms with Crippen molar-refractivity contribution in [1.82, 2.24) is 14.8 Å². The smallest absolute Gasteiger partial charge is 0.231 e. The molecule has 7 nitrogen and oxygen atoms in total. The first-order valence-corrected chi connectivity index (χ1v) is 10.7. The van der Waals surface area contributed by atoms with Crippen LogP contribution in [0, 0.1) is 6.92 Å². The van der Waals surface area contributed by atoms with Crippen molar-refractivity contribution >= 4 is 33.3 Å². The predicted octanol–water partition coefficient (Wildman–Crippen LogP) is 2.29. The van der Waals surface area contributed by atoms with Crippen LogP contribution in [0.3, 0.4) is 0 Å². The summed E-state index contributed by atoms with van der Waals surface area (Å²) in [6.45, 7) is 1.92. The lowest BCUT2D eigenvalue weighted by Gasteiger charge is -2.16. The largest absolute Gasteiger partial charge is 0.303 e. The van der Waals surface area contributed by atoms with Crippen molar-refractivity contribution in [3.8, 4) is 0 Å². The topological polar surface area (TPSA) is 85.2 Å². The van der Waals surface area contributed by atoms with Crippen LogP contribution in [0.5, 0.6) is 0 Å². The van der Waals surface area contributed by atoms with E-state index in [4.69, 9.17) is 0 Å². The first-order chi connectivity index (χ1) is 11.8. The number of hydrogen-bond acceptors (Lipinski definition) is 6. The van der Waals surface area contributed by atoms with Gasteiger partial charge in [0.05, 0.1) is 17.7 Å². The van der Waals surface area contributed by atoms with Crippen LogP contribution in [0.15, 0.2) is 29.4 Å². The van der Waals surface area contributed by atoms with Crippen LogP contribution in [0.2, 0.25) is 0 Å². The lowest BCUT2D eigenvalue weighted by molar-refractivity contribution is 0.102. The molecule has 1 aliphatic rings. The molecule has 1 heterocycles. The number of ketones is 1. The van der Waals surface area contributed by atoms with Crippen molar-refractivity contribution < 1.29 is 13.2 Å². The van der Waals surface area contributed by atoms with Gasteiger partial charge in [-0.25, -0.2) is 8.42 Å². The zero-order chi connectivity index (χ0) is 18.2. The Morgan fingerprint density at radius 1 is 1.28 bits per heavy atom. The first-order valence-electron chi connectivity index (χ1n) is 7.89. The van der Waals surface area contributed by atoms with Crippen molar-refractivity contribution in [3.05, 3.63) is 35.7 Å². The van der Waals surface area contributed by atoms with Crippen molar-refractivity contribution in [1.29, 1.82) is 0 Å². The number of Topliss-reactive ketones (excluding diaryl/α,β-unsaturated/α-hetero) is 1. The number of aryl methyl sites for hydroxylation is 1. The van der Waals surface area contributed by atoms with Gasteiger partial charge in [-0.2, -0.15) is 0 Å². The number of anilines is 1. The fourth-order valence-electron chi connectivity index (χ4n) is 2.46. The van der Waals surface area contributed by atoms with Gasteiger partial charge in [0.1, 0.15) is 5.82 Å². The third-order valence-corrected chi connectivity index (χ3v) is 6.28. The van der Waals surface area contributed by atoms with Crippen LogP contribution in [-0.2, 0) is 10.0 Å². The Kier molecular flexibility index (Phi) is 4.88. The number of hydrogen-bond donors (Lipinski definition) is 0. The Labute approximate surface area is 151 Å². The molecule has 0 N–H and O–H groups in total. The maximum absolute atomic E-state index is 12.4. The second kappa shape index (κ2) is 6.80. The number of carbonyl (C=O) groups excluding carboxylic acids is 1. The van der Waals surface area contributed by atoms with Gasteiger partial charge in [0.15, 0.2) is 10.9 Å².